The first kappa shape index (κ1) is 12.7. The number of hydrogen-bond acceptors (Lipinski definition) is 2. The van der Waals surface area contributed by atoms with E-state index in [9.17, 15) is 9.90 Å². The third-order valence-corrected chi connectivity index (χ3v) is 5.29. The van der Waals surface area contributed by atoms with Gasteiger partial charge in [-0.2, -0.15) is 0 Å². The molecule has 0 heterocycles. The molecule has 3 nitrogen and oxygen atoms in total. The van der Waals surface area contributed by atoms with Crippen LogP contribution in [0.1, 0.15) is 44.1 Å². The van der Waals surface area contributed by atoms with Crippen molar-refractivity contribution in [2.45, 2.75) is 50.0 Å². The third-order valence-electron chi connectivity index (χ3n) is 5.29. The minimum Gasteiger partial charge on any atom is -0.481 e. The van der Waals surface area contributed by atoms with E-state index in [1.165, 1.54) is 5.56 Å². The van der Waals surface area contributed by atoms with Crippen molar-refractivity contribution in [1.82, 2.24) is 0 Å². The summed E-state index contributed by atoms with van der Waals surface area (Å²) in [5.74, 6) is -0.624. The molecule has 2 fully saturated rings. The van der Waals surface area contributed by atoms with E-state index >= 15 is 0 Å². The molecule has 3 heteroatoms. The monoisotopic (exact) mass is 259 g/mol. The summed E-state index contributed by atoms with van der Waals surface area (Å²) in [6.07, 6.45) is 5.11. The van der Waals surface area contributed by atoms with E-state index in [2.05, 4.69) is 12.1 Å². The zero-order chi connectivity index (χ0) is 13.5. The van der Waals surface area contributed by atoms with Crippen molar-refractivity contribution < 1.29 is 9.90 Å². The van der Waals surface area contributed by atoms with Crippen LogP contribution in [0, 0.1) is 5.41 Å². The Kier molecular flexibility index (Phi) is 2.90. The molecule has 0 radical (unpaired) electrons. The summed E-state index contributed by atoms with van der Waals surface area (Å²) in [5.41, 5.74) is 6.44. The number of aliphatic carboxylic acids is 1. The average molecular weight is 259 g/mol. The Balaban J connectivity index is 2.00. The molecule has 3 N–H and O–H groups in total. The maximum absolute atomic E-state index is 12.0. The van der Waals surface area contributed by atoms with Crippen molar-refractivity contribution >= 4 is 5.97 Å². The lowest BCUT2D eigenvalue weighted by Crippen LogP contribution is -2.47. The van der Waals surface area contributed by atoms with Crippen LogP contribution in [0.15, 0.2) is 30.3 Å². The maximum atomic E-state index is 12.0. The number of carboxylic acids is 1. The lowest BCUT2D eigenvalue weighted by molar-refractivity contribution is -0.154. The molecular weight excluding hydrogens is 238 g/mol. The van der Waals surface area contributed by atoms with Crippen molar-refractivity contribution in [1.29, 1.82) is 0 Å². The minimum atomic E-state index is -0.624. The second-order valence-corrected chi connectivity index (χ2v) is 6.17. The largest absolute Gasteiger partial charge is 0.481 e. The van der Waals surface area contributed by atoms with E-state index in [1.54, 1.807) is 0 Å². The fraction of sp³-hybridized carbons (Fsp3) is 0.562. The van der Waals surface area contributed by atoms with Crippen LogP contribution in [0.2, 0.25) is 0 Å². The lowest BCUT2D eigenvalue weighted by Gasteiger charge is -2.42. The Hall–Kier alpha value is -1.35. The summed E-state index contributed by atoms with van der Waals surface area (Å²) >= 11 is 0. The molecule has 102 valence electrons. The van der Waals surface area contributed by atoms with Crippen molar-refractivity contribution in [3.63, 3.8) is 0 Å². The Bertz CT molecular complexity index is 471. The van der Waals surface area contributed by atoms with Crippen LogP contribution < -0.4 is 5.73 Å². The maximum Gasteiger partial charge on any atom is 0.310 e. The molecule has 0 saturated heterocycles. The molecular formula is C16H21NO2. The zero-order valence-electron chi connectivity index (χ0n) is 11.1. The number of hydrogen-bond donors (Lipinski definition) is 2. The molecule has 0 amide bonds. The van der Waals surface area contributed by atoms with Gasteiger partial charge in [0.1, 0.15) is 0 Å². The lowest BCUT2D eigenvalue weighted by atomic mass is 9.60. The molecule has 3 rings (SSSR count). The van der Waals surface area contributed by atoms with Gasteiger partial charge in [-0.25, -0.2) is 0 Å². The Morgan fingerprint density at radius 2 is 1.68 bits per heavy atom. The second kappa shape index (κ2) is 4.34. The molecule has 19 heavy (non-hydrogen) atoms. The summed E-state index contributed by atoms with van der Waals surface area (Å²) in [5, 5.41) is 9.87. The molecule has 1 aromatic rings. The molecule has 0 unspecified atom stereocenters. The molecule has 0 aliphatic heterocycles. The first-order chi connectivity index (χ1) is 9.11. The third kappa shape index (κ3) is 1.79. The van der Waals surface area contributed by atoms with E-state index in [0.29, 0.717) is 0 Å². The quantitative estimate of drug-likeness (QED) is 0.877. The second-order valence-electron chi connectivity index (χ2n) is 6.17. The highest BCUT2D eigenvalue weighted by Crippen LogP contribution is 2.64. The molecule has 2 saturated carbocycles. The highest BCUT2D eigenvalue weighted by atomic mass is 16.4. The van der Waals surface area contributed by atoms with Gasteiger partial charge >= 0.3 is 5.97 Å². The summed E-state index contributed by atoms with van der Waals surface area (Å²) in [4.78, 5) is 12.0. The normalized spacial score (nSPS) is 32.8. The van der Waals surface area contributed by atoms with Gasteiger partial charge < -0.3 is 10.8 Å². The standard InChI is InChI=1S/C16H21NO2/c17-13-6-8-16(9-7-13,14(18)19)15(10-11-15)12-4-2-1-3-5-12/h1-5,13H,6-11,17H2,(H,18,19). The van der Waals surface area contributed by atoms with E-state index in [0.717, 1.165) is 38.5 Å². The first-order valence-corrected chi connectivity index (χ1v) is 7.15. The predicted molar refractivity (Wildman–Crippen MR) is 73.9 cm³/mol. The topological polar surface area (TPSA) is 63.3 Å². The number of rotatable bonds is 3. The van der Waals surface area contributed by atoms with Crippen molar-refractivity contribution in [3.05, 3.63) is 35.9 Å². The summed E-state index contributed by atoms with van der Waals surface area (Å²) < 4.78 is 0. The smallest absolute Gasteiger partial charge is 0.310 e. The van der Waals surface area contributed by atoms with Crippen molar-refractivity contribution in [2.24, 2.45) is 11.1 Å². The molecule has 0 bridgehead atoms. The zero-order valence-corrected chi connectivity index (χ0v) is 11.1. The van der Waals surface area contributed by atoms with Gasteiger partial charge in [0.15, 0.2) is 0 Å². The van der Waals surface area contributed by atoms with Crippen LogP contribution in [0.3, 0.4) is 0 Å². The fourth-order valence-electron chi connectivity index (χ4n) is 3.96. The number of carboxylic acid groups (broad SMARTS) is 1. The summed E-state index contributed by atoms with van der Waals surface area (Å²) in [7, 11) is 0. The van der Waals surface area contributed by atoms with Gasteiger partial charge in [-0.15, -0.1) is 0 Å². The molecule has 0 spiro atoms. The van der Waals surface area contributed by atoms with Crippen LogP contribution in [0.4, 0.5) is 0 Å². The van der Waals surface area contributed by atoms with Gasteiger partial charge in [-0.1, -0.05) is 30.3 Å². The van der Waals surface area contributed by atoms with Crippen LogP contribution >= 0.6 is 0 Å². The van der Waals surface area contributed by atoms with Gasteiger partial charge in [0, 0.05) is 11.5 Å². The number of benzene rings is 1. The van der Waals surface area contributed by atoms with Gasteiger partial charge in [0.25, 0.3) is 0 Å². The Morgan fingerprint density at radius 3 is 2.16 bits per heavy atom. The number of nitrogens with two attached hydrogens (primary N) is 1. The Morgan fingerprint density at radius 1 is 1.11 bits per heavy atom. The highest BCUT2D eigenvalue weighted by Gasteiger charge is 2.64. The van der Waals surface area contributed by atoms with E-state index in [4.69, 9.17) is 5.73 Å². The minimum absolute atomic E-state index is 0.139. The van der Waals surface area contributed by atoms with Crippen LogP contribution in [-0.2, 0) is 10.2 Å². The average Bonchev–Trinajstić information content (AvgIpc) is 3.22. The van der Waals surface area contributed by atoms with Crippen LogP contribution in [-0.4, -0.2) is 17.1 Å². The molecule has 0 aromatic heterocycles. The highest BCUT2D eigenvalue weighted by molar-refractivity contribution is 5.78. The van der Waals surface area contributed by atoms with Crippen molar-refractivity contribution in [3.8, 4) is 0 Å². The van der Waals surface area contributed by atoms with Gasteiger partial charge in [0.2, 0.25) is 0 Å². The van der Waals surface area contributed by atoms with Crippen molar-refractivity contribution in [2.75, 3.05) is 0 Å². The summed E-state index contributed by atoms with van der Waals surface area (Å²) in [6.45, 7) is 0. The van der Waals surface area contributed by atoms with Gasteiger partial charge in [-0.05, 0) is 44.1 Å². The molecule has 2 aliphatic rings. The molecule has 0 atom stereocenters. The predicted octanol–water partition coefficient (Wildman–Crippen LogP) is 2.69. The first-order valence-electron chi connectivity index (χ1n) is 7.15. The Labute approximate surface area is 113 Å². The molecule has 2 aliphatic carbocycles. The molecule has 1 aromatic carbocycles. The van der Waals surface area contributed by atoms with E-state index < -0.39 is 11.4 Å². The number of carbonyl (C=O) groups is 1. The van der Waals surface area contributed by atoms with E-state index in [-0.39, 0.29) is 11.5 Å². The summed E-state index contributed by atoms with van der Waals surface area (Å²) in [6, 6.07) is 10.4. The van der Waals surface area contributed by atoms with Crippen LogP contribution in [0.5, 0.6) is 0 Å². The van der Waals surface area contributed by atoms with Crippen LogP contribution in [0.25, 0.3) is 0 Å². The van der Waals surface area contributed by atoms with Gasteiger partial charge in [-0.3, -0.25) is 4.79 Å². The SMILES string of the molecule is NC1CCC(C(=O)O)(C2(c3ccccc3)CC2)CC1. The van der Waals surface area contributed by atoms with E-state index in [1.807, 2.05) is 18.2 Å². The fourth-order valence-corrected chi connectivity index (χ4v) is 3.96. The van der Waals surface area contributed by atoms with Gasteiger partial charge in [0.05, 0.1) is 5.41 Å².